The number of ether oxygens (including phenoxy) is 1. The van der Waals surface area contributed by atoms with E-state index in [0.29, 0.717) is 0 Å². The molecule has 1 unspecified atom stereocenters. The highest BCUT2D eigenvalue weighted by molar-refractivity contribution is 4.66. The van der Waals surface area contributed by atoms with Gasteiger partial charge in [-0.2, -0.15) is 13.2 Å². The highest BCUT2D eigenvalue weighted by Gasteiger charge is 2.40. The molecule has 0 amide bonds. The molecule has 0 saturated heterocycles. The Morgan fingerprint density at radius 1 is 1.18 bits per heavy atom. The van der Waals surface area contributed by atoms with Crippen molar-refractivity contribution in [1.82, 2.24) is 0 Å². The smallest absolute Gasteiger partial charge is 0.338 e. The summed E-state index contributed by atoms with van der Waals surface area (Å²) in [6.07, 6.45) is -7.86. The fraction of sp³-hybridized carbons (Fsp3) is 1.00. The van der Waals surface area contributed by atoms with Gasteiger partial charge in [0.15, 0.2) is 13.0 Å². The summed E-state index contributed by atoms with van der Waals surface area (Å²) >= 11 is 0. The van der Waals surface area contributed by atoms with Crippen LogP contribution in [0.5, 0.6) is 0 Å². The summed E-state index contributed by atoms with van der Waals surface area (Å²) in [6, 6.07) is 0. The average Bonchev–Trinajstić information content (AvgIpc) is 1.85. The SMILES string of the molecule is FCCC(OCF)C(F)(F)F. The Bertz CT molecular complexity index is 95.5. The molecule has 0 saturated carbocycles. The number of rotatable bonds is 4. The second-order valence-corrected chi connectivity index (χ2v) is 1.78. The molecule has 6 heteroatoms. The first-order chi connectivity index (χ1) is 5.02. The minimum atomic E-state index is -4.68. The summed E-state index contributed by atoms with van der Waals surface area (Å²) in [5, 5.41) is 0. The van der Waals surface area contributed by atoms with Crippen LogP contribution >= 0.6 is 0 Å². The van der Waals surface area contributed by atoms with Crippen molar-refractivity contribution in [2.75, 3.05) is 13.5 Å². The van der Waals surface area contributed by atoms with Gasteiger partial charge in [0.1, 0.15) is 0 Å². The minimum absolute atomic E-state index is 0.854. The van der Waals surface area contributed by atoms with Gasteiger partial charge >= 0.3 is 6.18 Å². The summed E-state index contributed by atoms with van der Waals surface area (Å²) in [6.45, 7) is -2.73. The van der Waals surface area contributed by atoms with Crippen molar-refractivity contribution in [2.45, 2.75) is 18.7 Å². The van der Waals surface area contributed by atoms with E-state index < -0.39 is 32.2 Å². The van der Waals surface area contributed by atoms with Gasteiger partial charge in [-0.1, -0.05) is 0 Å². The molecule has 0 aliphatic rings. The lowest BCUT2D eigenvalue weighted by Gasteiger charge is -2.17. The largest absolute Gasteiger partial charge is 0.414 e. The maximum Gasteiger partial charge on any atom is 0.414 e. The second-order valence-electron chi connectivity index (χ2n) is 1.78. The van der Waals surface area contributed by atoms with Crippen LogP contribution in [-0.2, 0) is 4.74 Å². The molecule has 0 aromatic heterocycles. The van der Waals surface area contributed by atoms with E-state index in [1.165, 1.54) is 0 Å². The molecule has 0 N–H and O–H groups in total. The van der Waals surface area contributed by atoms with Crippen LogP contribution in [0.2, 0.25) is 0 Å². The van der Waals surface area contributed by atoms with E-state index in [1.54, 1.807) is 0 Å². The van der Waals surface area contributed by atoms with Gasteiger partial charge < -0.3 is 4.74 Å². The highest BCUT2D eigenvalue weighted by Crippen LogP contribution is 2.25. The molecule has 0 rings (SSSR count). The van der Waals surface area contributed by atoms with Crippen LogP contribution in [0.25, 0.3) is 0 Å². The van der Waals surface area contributed by atoms with Crippen molar-refractivity contribution in [3.8, 4) is 0 Å². The molecule has 0 aromatic carbocycles. The molecule has 0 radical (unpaired) electrons. The van der Waals surface area contributed by atoms with Crippen LogP contribution in [0.4, 0.5) is 22.0 Å². The van der Waals surface area contributed by atoms with Crippen molar-refractivity contribution < 1.29 is 26.7 Å². The first-order valence-electron chi connectivity index (χ1n) is 2.82. The van der Waals surface area contributed by atoms with E-state index in [-0.39, 0.29) is 0 Å². The lowest BCUT2D eigenvalue weighted by Crippen LogP contribution is -2.32. The van der Waals surface area contributed by atoms with Crippen LogP contribution in [0, 0.1) is 0 Å². The van der Waals surface area contributed by atoms with E-state index in [0.717, 1.165) is 0 Å². The molecule has 1 nitrogen and oxygen atoms in total. The van der Waals surface area contributed by atoms with Gasteiger partial charge in [-0.25, -0.2) is 4.39 Å². The molecule has 0 spiro atoms. The molecule has 0 bridgehead atoms. The van der Waals surface area contributed by atoms with Crippen molar-refractivity contribution in [2.24, 2.45) is 0 Å². The second kappa shape index (κ2) is 4.48. The molecule has 0 heterocycles. The van der Waals surface area contributed by atoms with Crippen LogP contribution in [0.1, 0.15) is 6.42 Å². The molecular formula is C5H7F5O. The van der Waals surface area contributed by atoms with Gasteiger partial charge in [0.25, 0.3) is 0 Å². The molecule has 0 aliphatic heterocycles. The monoisotopic (exact) mass is 178 g/mol. The zero-order valence-electron chi connectivity index (χ0n) is 5.50. The van der Waals surface area contributed by atoms with Gasteiger partial charge in [0.05, 0.1) is 6.67 Å². The third kappa shape index (κ3) is 4.13. The molecule has 68 valence electrons. The topological polar surface area (TPSA) is 9.23 Å². The number of halogens is 5. The summed E-state index contributed by atoms with van der Waals surface area (Å²) in [5.41, 5.74) is 0. The molecule has 0 aliphatic carbocycles. The Morgan fingerprint density at radius 3 is 2.00 bits per heavy atom. The van der Waals surface area contributed by atoms with Gasteiger partial charge in [-0.05, 0) is 0 Å². The van der Waals surface area contributed by atoms with E-state index in [9.17, 15) is 22.0 Å². The summed E-state index contributed by atoms with van der Waals surface area (Å²) in [7, 11) is 0. The number of hydrogen-bond acceptors (Lipinski definition) is 1. The van der Waals surface area contributed by atoms with Gasteiger partial charge in [0, 0.05) is 6.42 Å². The van der Waals surface area contributed by atoms with Crippen LogP contribution in [-0.4, -0.2) is 25.8 Å². The van der Waals surface area contributed by atoms with Crippen molar-refractivity contribution in [1.29, 1.82) is 0 Å². The lowest BCUT2D eigenvalue weighted by atomic mass is 10.2. The van der Waals surface area contributed by atoms with E-state index in [2.05, 4.69) is 4.74 Å². The third-order valence-corrected chi connectivity index (χ3v) is 1.00. The Balaban J connectivity index is 3.88. The zero-order chi connectivity index (χ0) is 8.91. The standard InChI is InChI=1S/C5H7F5O/c6-2-1-4(11-3-7)5(8,9)10/h4H,1-3H2. The normalized spacial score (nSPS) is 15.0. The van der Waals surface area contributed by atoms with Gasteiger partial charge in [0.2, 0.25) is 0 Å². The molecule has 11 heavy (non-hydrogen) atoms. The minimum Gasteiger partial charge on any atom is -0.338 e. The van der Waals surface area contributed by atoms with Crippen LogP contribution in [0.15, 0.2) is 0 Å². The first-order valence-corrected chi connectivity index (χ1v) is 2.82. The quantitative estimate of drug-likeness (QED) is 0.599. The van der Waals surface area contributed by atoms with Gasteiger partial charge in [-0.3, -0.25) is 4.39 Å². The first kappa shape index (κ1) is 10.6. The molecular weight excluding hydrogens is 171 g/mol. The lowest BCUT2D eigenvalue weighted by molar-refractivity contribution is -0.231. The number of alkyl halides is 5. The Kier molecular flexibility index (Phi) is 4.32. The predicted octanol–water partition coefficient (Wildman–Crippen LogP) is 2.22. The maximum absolute atomic E-state index is 11.6. The van der Waals surface area contributed by atoms with E-state index >= 15 is 0 Å². The fourth-order valence-electron chi connectivity index (χ4n) is 0.517. The maximum atomic E-state index is 11.6. The Labute approximate surface area is 60.1 Å². The molecule has 0 aromatic rings. The van der Waals surface area contributed by atoms with E-state index in [4.69, 9.17) is 0 Å². The van der Waals surface area contributed by atoms with Crippen molar-refractivity contribution in [3.63, 3.8) is 0 Å². The average molecular weight is 178 g/mol. The van der Waals surface area contributed by atoms with Gasteiger partial charge in [-0.15, -0.1) is 0 Å². The Hall–Kier alpha value is -0.390. The third-order valence-electron chi connectivity index (χ3n) is 1.00. The summed E-state index contributed by atoms with van der Waals surface area (Å²) in [5.74, 6) is 0. The predicted molar refractivity (Wildman–Crippen MR) is 27.5 cm³/mol. The zero-order valence-corrected chi connectivity index (χ0v) is 5.50. The highest BCUT2D eigenvalue weighted by atomic mass is 19.4. The van der Waals surface area contributed by atoms with E-state index in [1.807, 2.05) is 0 Å². The fourth-order valence-corrected chi connectivity index (χ4v) is 0.517. The molecule has 1 atom stereocenters. The summed E-state index contributed by atoms with van der Waals surface area (Å²) < 4.78 is 61.2. The Morgan fingerprint density at radius 2 is 1.73 bits per heavy atom. The van der Waals surface area contributed by atoms with Crippen LogP contribution in [0.3, 0.4) is 0 Å². The van der Waals surface area contributed by atoms with Crippen LogP contribution < -0.4 is 0 Å². The van der Waals surface area contributed by atoms with Crippen molar-refractivity contribution >= 4 is 0 Å². The number of hydrogen-bond donors (Lipinski definition) is 0. The molecule has 0 fully saturated rings. The van der Waals surface area contributed by atoms with Crippen molar-refractivity contribution in [3.05, 3.63) is 0 Å². The summed E-state index contributed by atoms with van der Waals surface area (Å²) in [4.78, 5) is 0.